The van der Waals surface area contributed by atoms with E-state index in [0.717, 1.165) is 16.0 Å². The minimum atomic E-state index is -1.19. The molecule has 3 heterocycles. The van der Waals surface area contributed by atoms with Gasteiger partial charge in [0.1, 0.15) is 11.0 Å². The summed E-state index contributed by atoms with van der Waals surface area (Å²) in [7, 11) is 0. The number of nitrogens with two attached hydrogens (primary N) is 1. The molecule has 1 atom stereocenters. The van der Waals surface area contributed by atoms with Crippen molar-refractivity contribution in [2.75, 3.05) is 12.0 Å². The number of amides is 1. The average Bonchev–Trinajstić information content (AvgIpc) is 2.86. The first-order valence-corrected chi connectivity index (χ1v) is 6.80. The van der Waals surface area contributed by atoms with Crippen molar-refractivity contribution in [3.05, 3.63) is 36.7 Å². The second kappa shape index (κ2) is 4.53. The Hall–Kier alpha value is -2.46. The Labute approximate surface area is 120 Å². The number of primary amides is 1. The lowest BCUT2D eigenvalue weighted by Gasteiger charge is -2.21. The van der Waals surface area contributed by atoms with Crippen molar-refractivity contribution in [1.82, 2.24) is 9.99 Å². The minimum Gasteiger partial charge on any atom is -0.478 e. The van der Waals surface area contributed by atoms with Crippen LogP contribution < -0.4 is 27.6 Å². The smallest absolute Gasteiger partial charge is 0.340 e. The Bertz CT molecular complexity index is 803. The van der Waals surface area contributed by atoms with Crippen molar-refractivity contribution >= 4 is 28.2 Å². The number of aromatic nitrogens is 1. The molecule has 0 aliphatic carbocycles. The minimum absolute atomic E-state index is 0.0322. The molecule has 0 aromatic carbocycles. The maximum atomic E-state index is 11.4. The monoisotopic (exact) mass is 310 g/mol. The highest BCUT2D eigenvalue weighted by Gasteiger charge is 2.33. The Morgan fingerprint density at radius 1 is 1.38 bits per heavy atom. The standard InChI is InChI=1S/C11H10N4O5S/c12-7(16)5-6-3(1-2-13-5)4(11(19)20)8(21-6)14-15-9(17)10(15)18/h5,13-14H,1-2H2,(H2,12,16)(H,19,20). The Balaban J connectivity index is 2.10. The summed E-state index contributed by atoms with van der Waals surface area (Å²) in [6.07, 6.45) is 0.417. The third-order valence-corrected chi connectivity index (χ3v) is 4.48. The van der Waals surface area contributed by atoms with Gasteiger partial charge in [-0.2, -0.15) is 4.68 Å². The lowest BCUT2D eigenvalue weighted by molar-refractivity contribution is -0.120. The quantitative estimate of drug-likeness (QED) is 0.497. The van der Waals surface area contributed by atoms with Crippen LogP contribution in [-0.4, -0.2) is 28.2 Å². The molecule has 5 N–H and O–H groups in total. The zero-order valence-electron chi connectivity index (χ0n) is 10.5. The van der Waals surface area contributed by atoms with Gasteiger partial charge in [-0.15, -0.1) is 11.3 Å². The Morgan fingerprint density at radius 3 is 2.57 bits per heavy atom. The highest BCUT2D eigenvalue weighted by atomic mass is 32.1. The van der Waals surface area contributed by atoms with Crippen molar-refractivity contribution in [3.63, 3.8) is 0 Å². The number of hydrogen-bond donors (Lipinski definition) is 4. The molecule has 2 aromatic heterocycles. The molecule has 1 aliphatic rings. The topological polar surface area (TPSA) is 144 Å². The van der Waals surface area contributed by atoms with E-state index in [4.69, 9.17) is 5.73 Å². The first-order valence-electron chi connectivity index (χ1n) is 5.98. The van der Waals surface area contributed by atoms with Crippen LogP contribution in [0.4, 0.5) is 5.00 Å². The maximum absolute atomic E-state index is 11.4. The van der Waals surface area contributed by atoms with E-state index in [0.29, 0.717) is 23.4 Å². The van der Waals surface area contributed by atoms with Gasteiger partial charge in [-0.1, -0.05) is 0 Å². The summed E-state index contributed by atoms with van der Waals surface area (Å²) in [6.45, 7) is 0.415. The zero-order chi connectivity index (χ0) is 15.3. The van der Waals surface area contributed by atoms with Gasteiger partial charge < -0.3 is 16.2 Å². The number of aromatic carboxylic acids is 1. The number of carbonyl (C=O) groups excluding carboxylic acids is 1. The van der Waals surface area contributed by atoms with E-state index in [1.807, 2.05) is 0 Å². The predicted octanol–water partition coefficient (Wildman–Crippen LogP) is -1.61. The van der Waals surface area contributed by atoms with Crippen LogP contribution in [0.3, 0.4) is 0 Å². The molecule has 0 saturated carbocycles. The van der Waals surface area contributed by atoms with E-state index in [-0.39, 0.29) is 10.6 Å². The third kappa shape index (κ3) is 2.04. The molecule has 0 radical (unpaired) electrons. The Morgan fingerprint density at radius 2 is 2.05 bits per heavy atom. The van der Waals surface area contributed by atoms with Crippen LogP contribution in [0.1, 0.15) is 26.8 Å². The number of carboxylic acid groups (broad SMARTS) is 1. The van der Waals surface area contributed by atoms with Gasteiger partial charge in [-0.25, -0.2) is 4.79 Å². The molecular formula is C11H10N4O5S. The molecule has 1 unspecified atom stereocenters. The molecule has 10 heteroatoms. The fourth-order valence-corrected chi connectivity index (χ4v) is 3.59. The molecule has 110 valence electrons. The van der Waals surface area contributed by atoms with E-state index in [1.165, 1.54) is 0 Å². The van der Waals surface area contributed by atoms with Gasteiger partial charge in [-0.3, -0.25) is 19.8 Å². The molecule has 3 rings (SSSR count). The number of nitrogens with zero attached hydrogens (tertiary/aromatic N) is 1. The van der Waals surface area contributed by atoms with Crippen LogP contribution >= 0.6 is 11.3 Å². The number of carbonyl (C=O) groups is 2. The normalized spacial score (nSPS) is 17.6. The molecule has 2 aromatic rings. The van der Waals surface area contributed by atoms with Gasteiger partial charge in [0.25, 0.3) is 0 Å². The van der Waals surface area contributed by atoms with E-state index >= 15 is 0 Å². The van der Waals surface area contributed by atoms with Crippen molar-refractivity contribution in [1.29, 1.82) is 0 Å². The van der Waals surface area contributed by atoms with Crippen LogP contribution in [0.2, 0.25) is 0 Å². The fraction of sp³-hybridized carbons (Fsp3) is 0.273. The molecule has 0 bridgehead atoms. The molecule has 0 saturated heterocycles. The number of fused-ring (bicyclic) bond motifs is 1. The van der Waals surface area contributed by atoms with Crippen LogP contribution in [0.5, 0.6) is 0 Å². The second-order valence-corrected chi connectivity index (χ2v) is 5.60. The molecule has 0 fully saturated rings. The summed E-state index contributed by atoms with van der Waals surface area (Å²) in [4.78, 5) is 45.4. The van der Waals surface area contributed by atoms with E-state index in [2.05, 4.69) is 10.7 Å². The van der Waals surface area contributed by atoms with Gasteiger partial charge in [0, 0.05) is 11.4 Å². The summed E-state index contributed by atoms with van der Waals surface area (Å²) < 4.78 is 0.719. The molecule has 1 amide bonds. The fourth-order valence-electron chi connectivity index (χ4n) is 2.27. The zero-order valence-corrected chi connectivity index (χ0v) is 11.3. The second-order valence-electron chi connectivity index (χ2n) is 4.55. The average molecular weight is 310 g/mol. The van der Waals surface area contributed by atoms with Crippen LogP contribution in [0.25, 0.3) is 0 Å². The summed E-state index contributed by atoms with van der Waals surface area (Å²) in [5.74, 6) is -1.80. The predicted molar refractivity (Wildman–Crippen MR) is 73.3 cm³/mol. The number of carboxylic acids is 1. The highest BCUT2D eigenvalue weighted by Crippen LogP contribution is 2.39. The number of thiophene rings is 1. The Kier molecular flexibility index (Phi) is 2.92. The van der Waals surface area contributed by atoms with Gasteiger partial charge in [0.2, 0.25) is 5.91 Å². The molecule has 1 aliphatic heterocycles. The van der Waals surface area contributed by atoms with E-state index in [9.17, 15) is 24.3 Å². The van der Waals surface area contributed by atoms with E-state index in [1.54, 1.807) is 0 Å². The van der Waals surface area contributed by atoms with Gasteiger partial charge in [-0.05, 0) is 12.0 Å². The number of nitrogens with one attached hydrogen (secondary N) is 2. The molecule has 0 spiro atoms. The van der Waals surface area contributed by atoms with Crippen molar-refractivity contribution in [3.8, 4) is 0 Å². The summed E-state index contributed by atoms with van der Waals surface area (Å²) >= 11 is 0.998. The van der Waals surface area contributed by atoms with Gasteiger partial charge in [0.15, 0.2) is 0 Å². The maximum Gasteiger partial charge on any atom is 0.340 e. The number of hydrogen-bond acceptors (Lipinski definition) is 7. The SMILES string of the molecule is NC(=O)C1NCCc2c1sc(Nn1c(=O)c1=O)c2C(=O)O. The number of anilines is 1. The van der Waals surface area contributed by atoms with Gasteiger partial charge in [0.05, 0.1) is 5.56 Å². The lowest BCUT2D eigenvalue weighted by atomic mass is 9.99. The first kappa shape index (κ1) is 13.5. The van der Waals surface area contributed by atoms with Crippen LogP contribution in [-0.2, 0) is 11.2 Å². The molecule has 9 nitrogen and oxygen atoms in total. The first-order chi connectivity index (χ1) is 9.91. The summed E-state index contributed by atoms with van der Waals surface area (Å²) in [5.41, 5.74) is 6.77. The molecule has 21 heavy (non-hydrogen) atoms. The van der Waals surface area contributed by atoms with Crippen molar-refractivity contribution < 1.29 is 14.7 Å². The van der Waals surface area contributed by atoms with Crippen molar-refractivity contribution in [2.24, 2.45) is 5.73 Å². The summed E-state index contributed by atoms with van der Waals surface area (Å²) in [5, 5.41) is 12.4. The lowest BCUT2D eigenvalue weighted by Crippen LogP contribution is -2.38. The van der Waals surface area contributed by atoms with Crippen molar-refractivity contribution in [2.45, 2.75) is 12.5 Å². The van der Waals surface area contributed by atoms with E-state index < -0.39 is 29.0 Å². The van der Waals surface area contributed by atoms with Crippen LogP contribution in [0.15, 0.2) is 9.59 Å². The largest absolute Gasteiger partial charge is 0.478 e. The number of rotatable bonds is 4. The van der Waals surface area contributed by atoms with Crippen LogP contribution in [0, 0.1) is 0 Å². The summed E-state index contributed by atoms with van der Waals surface area (Å²) in [6, 6.07) is -0.770. The molecular weight excluding hydrogens is 300 g/mol. The third-order valence-electron chi connectivity index (χ3n) is 3.27. The highest BCUT2D eigenvalue weighted by molar-refractivity contribution is 7.17. The van der Waals surface area contributed by atoms with Gasteiger partial charge >= 0.3 is 17.1 Å².